The Morgan fingerprint density at radius 1 is 0.800 bits per heavy atom. The lowest BCUT2D eigenvalue weighted by Gasteiger charge is -2.67. The highest BCUT2D eigenvalue weighted by molar-refractivity contribution is 5.77. The van der Waals surface area contributed by atoms with Crippen LogP contribution in [0.5, 0.6) is 0 Å². The van der Waals surface area contributed by atoms with Crippen molar-refractivity contribution in [1.82, 2.24) is 0 Å². The molecule has 0 amide bonds. The molecule has 4 N–H and O–H groups in total. The van der Waals surface area contributed by atoms with E-state index in [0.717, 1.165) is 44.9 Å². The Morgan fingerprint density at radius 2 is 1.49 bits per heavy atom. The topological polar surface area (TPSA) is 115 Å². The molecule has 0 aromatic heterocycles. The number of carboxylic acids is 2. The van der Waals surface area contributed by atoms with E-state index in [1.54, 1.807) is 6.92 Å². The Balaban J connectivity index is 1.59. The summed E-state index contributed by atoms with van der Waals surface area (Å²) in [5.41, 5.74) is 0.437. The maximum absolute atomic E-state index is 12.7. The highest BCUT2D eigenvalue weighted by atomic mass is 16.4. The summed E-state index contributed by atoms with van der Waals surface area (Å²) in [6.07, 6.45) is 5.54. The van der Waals surface area contributed by atoms with Crippen molar-refractivity contribution < 1.29 is 30.0 Å². The highest BCUT2D eigenvalue weighted by Crippen LogP contribution is 2.71. The molecular weight excluding hydrogens is 444 g/mol. The molecule has 0 aliphatic heterocycles. The standard InChI is InChI=1S/C29H44O6/c1-25(2)12-13-29(24(34)35)11-8-17-16(18(29)14-25)6-7-20-26(17,3)10-9-21-27(20,4)15-19(30)22(31)28(21,5)23(32)33/h18-22,30-31H,6-15H2,1-5H3,(H,32,33)(H,34,35)/t18?,19-,20?,21?,22-,26-,27+,28-,29+/m0/s1. The fraction of sp³-hybridized carbons (Fsp3) is 0.862. The predicted octanol–water partition coefficient (Wildman–Crippen LogP) is 5.02. The molecule has 0 bridgehead atoms. The van der Waals surface area contributed by atoms with Crippen LogP contribution in [0.4, 0.5) is 0 Å². The van der Waals surface area contributed by atoms with Crippen molar-refractivity contribution >= 4 is 11.9 Å². The molecule has 0 saturated heterocycles. The number of hydrogen-bond donors (Lipinski definition) is 4. The van der Waals surface area contributed by atoms with Crippen molar-refractivity contribution in [2.75, 3.05) is 0 Å². The highest BCUT2D eigenvalue weighted by Gasteiger charge is 2.68. The van der Waals surface area contributed by atoms with Crippen LogP contribution < -0.4 is 0 Å². The molecule has 35 heavy (non-hydrogen) atoms. The van der Waals surface area contributed by atoms with Gasteiger partial charge < -0.3 is 20.4 Å². The Bertz CT molecular complexity index is 984. The number of carbonyl (C=O) groups is 2. The molecule has 3 saturated carbocycles. The number of allylic oxidation sites excluding steroid dienone is 2. The molecule has 3 fully saturated rings. The fourth-order valence-electron chi connectivity index (χ4n) is 10.3. The first kappa shape index (κ1) is 25.3. The van der Waals surface area contributed by atoms with Crippen LogP contribution in [-0.2, 0) is 9.59 Å². The van der Waals surface area contributed by atoms with Crippen molar-refractivity contribution in [1.29, 1.82) is 0 Å². The van der Waals surface area contributed by atoms with Gasteiger partial charge in [0.25, 0.3) is 0 Å². The van der Waals surface area contributed by atoms with E-state index in [1.807, 2.05) is 0 Å². The number of aliphatic hydroxyl groups excluding tert-OH is 2. The minimum atomic E-state index is -1.37. The number of carboxylic acid groups (broad SMARTS) is 2. The summed E-state index contributed by atoms with van der Waals surface area (Å²) in [5.74, 6) is -1.57. The zero-order chi connectivity index (χ0) is 25.8. The average molecular weight is 489 g/mol. The van der Waals surface area contributed by atoms with Crippen LogP contribution in [0.15, 0.2) is 11.1 Å². The maximum Gasteiger partial charge on any atom is 0.312 e. The molecule has 0 aromatic rings. The molecule has 196 valence electrons. The minimum absolute atomic E-state index is 0.0823. The van der Waals surface area contributed by atoms with Crippen molar-refractivity contribution in [2.24, 2.45) is 44.8 Å². The lowest BCUT2D eigenvalue weighted by atomic mass is 9.38. The molecule has 6 nitrogen and oxygen atoms in total. The summed E-state index contributed by atoms with van der Waals surface area (Å²) in [4.78, 5) is 25.1. The Labute approximate surface area is 209 Å². The SMILES string of the molecule is CC1(C)CC[C@]2(C(=O)O)CCC3=C(CCC4[C@@]5(C)C[C@H](O)[C@H](O)[C@@](C)(C(=O)O)C5CC[C@@]34C)C2C1. The summed E-state index contributed by atoms with van der Waals surface area (Å²) in [5, 5.41) is 42.3. The van der Waals surface area contributed by atoms with Gasteiger partial charge in [0.05, 0.1) is 23.0 Å². The van der Waals surface area contributed by atoms with Gasteiger partial charge in [0.2, 0.25) is 0 Å². The third-order valence-corrected chi connectivity index (χ3v) is 12.2. The molecule has 6 heteroatoms. The zero-order valence-electron chi connectivity index (χ0n) is 22.1. The number of aliphatic hydroxyl groups is 2. The zero-order valence-corrected chi connectivity index (χ0v) is 22.1. The average Bonchev–Trinajstić information content (AvgIpc) is 2.76. The predicted molar refractivity (Wildman–Crippen MR) is 131 cm³/mol. The van der Waals surface area contributed by atoms with E-state index in [9.17, 15) is 30.0 Å². The smallest absolute Gasteiger partial charge is 0.312 e. The molecule has 5 aliphatic rings. The monoisotopic (exact) mass is 488 g/mol. The van der Waals surface area contributed by atoms with Crippen molar-refractivity contribution in [3.8, 4) is 0 Å². The van der Waals surface area contributed by atoms with Crippen LogP contribution in [0.1, 0.15) is 98.8 Å². The van der Waals surface area contributed by atoms with Gasteiger partial charge in [-0.1, -0.05) is 38.8 Å². The maximum atomic E-state index is 12.7. The fourth-order valence-corrected chi connectivity index (χ4v) is 10.3. The van der Waals surface area contributed by atoms with Crippen molar-refractivity contribution in [3.63, 3.8) is 0 Å². The summed E-state index contributed by atoms with van der Waals surface area (Å²) in [7, 11) is 0. The Hall–Kier alpha value is -1.40. The number of fused-ring (bicyclic) bond motifs is 6. The van der Waals surface area contributed by atoms with Crippen LogP contribution >= 0.6 is 0 Å². The van der Waals surface area contributed by atoms with E-state index < -0.39 is 40.4 Å². The lowest BCUT2D eigenvalue weighted by Crippen LogP contribution is -2.66. The second-order valence-electron chi connectivity index (χ2n) is 14.3. The first-order chi connectivity index (χ1) is 16.1. The van der Waals surface area contributed by atoms with E-state index in [2.05, 4.69) is 27.7 Å². The minimum Gasteiger partial charge on any atom is -0.481 e. The van der Waals surface area contributed by atoms with E-state index in [0.29, 0.717) is 19.3 Å². The van der Waals surface area contributed by atoms with E-state index in [-0.39, 0.29) is 28.6 Å². The second-order valence-corrected chi connectivity index (χ2v) is 14.3. The summed E-state index contributed by atoms with van der Waals surface area (Å²) in [6.45, 7) is 10.7. The summed E-state index contributed by atoms with van der Waals surface area (Å²) in [6, 6.07) is 0. The number of aliphatic carboxylic acids is 2. The molecule has 0 spiro atoms. The van der Waals surface area contributed by atoms with Gasteiger partial charge in [0.15, 0.2) is 0 Å². The van der Waals surface area contributed by atoms with E-state index in [1.165, 1.54) is 11.1 Å². The third-order valence-electron chi connectivity index (χ3n) is 12.2. The van der Waals surface area contributed by atoms with Gasteiger partial charge in [0, 0.05) is 0 Å². The van der Waals surface area contributed by atoms with Gasteiger partial charge in [-0.15, -0.1) is 0 Å². The van der Waals surface area contributed by atoms with Crippen LogP contribution in [0.25, 0.3) is 0 Å². The number of hydrogen-bond acceptors (Lipinski definition) is 4. The molecule has 0 aromatic carbocycles. The van der Waals surface area contributed by atoms with Crippen molar-refractivity contribution in [2.45, 2.75) is 111 Å². The first-order valence-corrected chi connectivity index (χ1v) is 13.7. The number of rotatable bonds is 2. The second kappa shape index (κ2) is 7.56. The van der Waals surface area contributed by atoms with Crippen LogP contribution in [0.3, 0.4) is 0 Å². The lowest BCUT2D eigenvalue weighted by molar-refractivity contribution is -0.224. The molecule has 9 atom stereocenters. The third kappa shape index (κ3) is 3.14. The quantitative estimate of drug-likeness (QED) is 0.406. The van der Waals surface area contributed by atoms with Gasteiger partial charge >= 0.3 is 11.9 Å². The van der Waals surface area contributed by atoms with Crippen LogP contribution in [0, 0.1) is 44.8 Å². The summed E-state index contributed by atoms with van der Waals surface area (Å²) < 4.78 is 0. The van der Waals surface area contributed by atoms with Gasteiger partial charge in [-0.05, 0) is 105 Å². The largest absolute Gasteiger partial charge is 0.481 e. The normalized spacial score (nSPS) is 50.9. The summed E-state index contributed by atoms with van der Waals surface area (Å²) >= 11 is 0. The molecule has 5 aliphatic carbocycles. The molecule has 0 radical (unpaired) electrons. The van der Waals surface area contributed by atoms with E-state index >= 15 is 0 Å². The Kier molecular flexibility index (Phi) is 5.46. The molecular formula is C29H44O6. The van der Waals surface area contributed by atoms with Gasteiger partial charge in [-0.2, -0.15) is 0 Å². The van der Waals surface area contributed by atoms with Crippen molar-refractivity contribution in [3.05, 3.63) is 11.1 Å². The van der Waals surface area contributed by atoms with Gasteiger partial charge in [0.1, 0.15) is 0 Å². The van der Waals surface area contributed by atoms with Gasteiger partial charge in [-0.25, -0.2) is 0 Å². The molecule has 3 unspecified atom stereocenters. The first-order valence-electron chi connectivity index (χ1n) is 13.7. The van der Waals surface area contributed by atoms with Crippen LogP contribution in [0.2, 0.25) is 0 Å². The molecule has 0 heterocycles. The molecule has 5 rings (SSSR count). The van der Waals surface area contributed by atoms with Gasteiger partial charge in [-0.3, -0.25) is 9.59 Å². The Morgan fingerprint density at radius 3 is 2.11 bits per heavy atom. The van der Waals surface area contributed by atoms with Crippen LogP contribution in [-0.4, -0.2) is 44.6 Å². The van der Waals surface area contributed by atoms with E-state index in [4.69, 9.17) is 0 Å².